The van der Waals surface area contributed by atoms with E-state index in [-0.39, 0.29) is 5.91 Å². The zero-order valence-electron chi connectivity index (χ0n) is 19.5. The van der Waals surface area contributed by atoms with Crippen molar-refractivity contribution in [3.05, 3.63) is 35.9 Å². The van der Waals surface area contributed by atoms with Crippen molar-refractivity contribution in [2.24, 2.45) is 0 Å². The molecule has 0 aliphatic carbocycles. The van der Waals surface area contributed by atoms with Crippen LogP contribution in [-0.4, -0.2) is 72.2 Å². The standard InChI is InChI=1S/C23H33N5O5/c1-14(25-16(3)29)20(30)26-15(2)23(33)28-12-8-11-19(28)22(32)27-21(31)18(24-4)13-17-9-6-5-7-10-17/h5-7,9-10,14-15,18-19,24H,8,11-13H2,1-4H3,(H,25,29)(H,26,30)(H,27,31,32)/t14-,15-,18-,19-/m0/s1. The van der Waals surface area contributed by atoms with Gasteiger partial charge >= 0.3 is 0 Å². The third-order valence-electron chi connectivity index (χ3n) is 5.57. The number of hydrogen-bond acceptors (Lipinski definition) is 6. The summed E-state index contributed by atoms with van der Waals surface area (Å²) >= 11 is 0. The molecule has 10 nitrogen and oxygen atoms in total. The van der Waals surface area contributed by atoms with Gasteiger partial charge in [-0.2, -0.15) is 0 Å². The minimum atomic E-state index is -0.888. The lowest BCUT2D eigenvalue weighted by molar-refractivity contribution is -0.143. The molecular weight excluding hydrogens is 426 g/mol. The number of benzene rings is 1. The minimum Gasteiger partial charge on any atom is -0.345 e. The van der Waals surface area contributed by atoms with Gasteiger partial charge in [-0.1, -0.05) is 30.3 Å². The van der Waals surface area contributed by atoms with Gasteiger partial charge in [0.2, 0.25) is 29.5 Å². The largest absolute Gasteiger partial charge is 0.345 e. The molecule has 1 aliphatic rings. The number of likely N-dealkylation sites (tertiary alicyclic amines) is 1. The number of rotatable bonds is 9. The van der Waals surface area contributed by atoms with Crippen LogP contribution >= 0.6 is 0 Å². The van der Waals surface area contributed by atoms with Crippen molar-refractivity contribution in [3.63, 3.8) is 0 Å². The first-order valence-corrected chi connectivity index (χ1v) is 11.1. The molecule has 1 aromatic carbocycles. The van der Waals surface area contributed by atoms with Gasteiger partial charge in [0.15, 0.2) is 0 Å². The van der Waals surface area contributed by atoms with E-state index >= 15 is 0 Å². The second-order valence-electron chi connectivity index (χ2n) is 8.23. The van der Waals surface area contributed by atoms with Crippen LogP contribution in [0.3, 0.4) is 0 Å². The Bertz CT molecular complexity index is 875. The van der Waals surface area contributed by atoms with Crippen molar-refractivity contribution >= 4 is 29.5 Å². The van der Waals surface area contributed by atoms with Crippen LogP contribution in [0.4, 0.5) is 0 Å². The first kappa shape index (κ1) is 26.0. The average molecular weight is 460 g/mol. The van der Waals surface area contributed by atoms with Crippen molar-refractivity contribution < 1.29 is 24.0 Å². The summed E-state index contributed by atoms with van der Waals surface area (Å²) in [5.74, 6) is -2.28. The third-order valence-corrected chi connectivity index (χ3v) is 5.57. The van der Waals surface area contributed by atoms with Gasteiger partial charge in [-0.05, 0) is 45.7 Å². The highest BCUT2D eigenvalue weighted by Crippen LogP contribution is 2.19. The van der Waals surface area contributed by atoms with Crippen molar-refractivity contribution in [2.45, 2.75) is 64.2 Å². The van der Waals surface area contributed by atoms with Crippen LogP contribution < -0.4 is 21.3 Å². The summed E-state index contributed by atoms with van der Waals surface area (Å²) in [7, 11) is 1.65. The highest BCUT2D eigenvalue weighted by atomic mass is 16.2. The summed E-state index contributed by atoms with van der Waals surface area (Å²) in [4.78, 5) is 63.1. The summed E-state index contributed by atoms with van der Waals surface area (Å²) in [5.41, 5.74) is 0.954. The Morgan fingerprint density at radius 3 is 2.27 bits per heavy atom. The van der Waals surface area contributed by atoms with Crippen LogP contribution in [0, 0.1) is 0 Å². The van der Waals surface area contributed by atoms with Crippen LogP contribution in [0.15, 0.2) is 30.3 Å². The first-order valence-electron chi connectivity index (χ1n) is 11.1. The van der Waals surface area contributed by atoms with Crippen LogP contribution in [0.2, 0.25) is 0 Å². The molecular formula is C23H33N5O5. The zero-order valence-corrected chi connectivity index (χ0v) is 19.5. The lowest BCUT2D eigenvalue weighted by atomic mass is 10.1. The van der Waals surface area contributed by atoms with E-state index in [4.69, 9.17) is 0 Å². The van der Waals surface area contributed by atoms with Gasteiger partial charge in [-0.3, -0.25) is 29.3 Å². The molecule has 4 N–H and O–H groups in total. The molecule has 1 saturated heterocycles. The molecule has 1 fully saturated rings. The smallest absolute Gasteiger partial charge is 0.249 e. The third kappa shape index (κ3) is 7.38. The Morgan fingerprint density at radius 1 is 1.00 bits per heavy atom. The van der Waals surface area contributed by atoms with E-state index < -0.39 is 47.8 Å². The molecule has 0 saturated carbocycles. The number of nitrogens with zero attached hydrogens (tertiary/aromatic N) is 1. The normalized spacial score (nSPS) is 18.1. The number of nitrogens with one attached hydrogen (secondary N) is 4. The molecule has 1 aromatic rings. The van der Waals surface area contributed by atoms with E-state index in [9.17, 15) is 24.0 Å². The van der Waals surface area contributed by atoms with Gasteiger partial charge in [0, 0.05) is 13.5 Å². The molecule has 2 rings (SSSR count). The molecule has 0 aromatic heterocycles. The molecule has 1 heterocycles. The molecule has 180 valence electrons. The maximum Gasteiger partial charge on any atom is 0.249 e. The fourth-order valence-electron chi connectivity index (χ4n) is 3.79. The Labute approximate surface area is 193 Å². The maximum absolute atomic E-state index is 12.9. The zero-order chi connectivity index (χ0) is 24.5. The van der Waals surface area contributed by atoms with Crippen molar-refractivity contribution in [3.8, 4) is 0 Å². The number of carbonyl (C=O) groups is 5. The lowest BCUT2D eigenvalue weighted by Gasteiger charge is -2.28. The highest BCUT2D eigenvalue weighted by Gasteiger charge is 2.37. The van der Waals surface area contributed by atoms with E-state index in [0.29, 0.717) is 25.8 Å². The Morgan fingerprint density at radius 2 is 1.67 bits per heavy atom. The van der Waals surface area contributed by atoms with Crippen molar-refractivity contribution in [1.82, 2.24) is 26.2 Å². The van der Waals surface area contributed by atoms with E-state index in [0.717, 1.165) is 5.56 Å². The summed E-state index contributed by atoms with van der Waals surface area (Å²) in [6.45, 7) is 4.69. The van der Waals surface area contributed by atoms with E-state index in [2.05, 4.69) is 21.3 Å². The van der Waals surface area contributed by atoms with E-state index in [1.54, 1.807) is 7.05 Å². The van der Waals surface area contributed by atoms with Crippen LogP contribution in [-0.2, 0) is 30.4 Å². The van der Waals surface area contributed by atoms with Gasteiger partial charge in [0.25, 0.3) is 0 Å². The average Bonchev–Trinajstić information content (AvgIpc) is 3.27. The quantitative estimate of drug-likeness (QED) is 0.392. The summed E-state index contributed by atoms with van der Waals surface area (Å²) in [5, 5.41) is 10.4. The SMILES string of the molecule is CN[C@@H](Cc1ccccc1)C(=O)NC(=O)[C@@H]1CCCN1C(=O)[C@H](C)NC(=O)[C@H](C)NC(C)=O. The molecule has 0 spiro atoms. The van der Waals surface area contributed by atoms with Crippen LogP contribution in [0.25, 0.3) is 0 Å². The predicted molar refractivity (Wildman–Crippen MR) is 122 cm³/mol. The molecule has 0 radical (unpaired) electrons. The van der Waals surface area contributed by atoms with Gasteiger partial charge in [0.05, 0.1) is 6.04 Å². The van der Waals surface area contributed by atoms with E-state index in [1.165, 1.54) is 25.7 Å². The Balaban J connectivity index is 1.96. The summed E-state index contributed by atoms with van der Waals surface area (Å²) in [6, 6.07) is 6.37. The molecule has 0 bridgehead atoms. The topological polar surface area (TPSA) is 137 Å². The van der Waals surface area contributed by atoms with Crippen LogP contribution in [0.5, 0.6) is 0 Å². The van der Waals surface area contributed by atoms with Gasteiger partial charge < -0.3 is 20.9 Å². The molecule has 0 unspecified atom stereocenters. The number of likely N-dealkylation sites (N-methyl/N-ethyl adjacent to an activating group) is 1. The lowest BCUT2D eigenvalue weighted by Crippen LogP contribution is -2.56. The molecule has 33 heavy (non-hydrogen) atoms. The summed E-state index contributed by atoms with van der Waals surface area (Å²) in [6.07, 6.45) is 1.45. The number of imide groups is 1. The van der Waals surface area contributed by atoms with Gasteiger partial charge in [0.1, 0.15) is 18.1 Å². The molecule has 4 atom stereocenters. The van der Waals surface area contributed by atoms with Crippen LogP contribution in [0.1, 0.15) is 39.2 Å². The number of carbonyl (C=O) groups excluding carboxylic acids is 5. The second-order valence-corrected chi connectivity index (χ2v) is 8.23. The minimum absolute atomic E-state index is 0.353. The fourth-order valence-corrected chi connectivity index (χ4v) is 3.79. The maximum atomic E-state index is 12.9. The Kier molecular flexibility index (Phi) is 9.53. The van der Waals surface area contributed by atoms with Gasteiger partial charge in [-0.15, -0.1) is 0 Å². The fraction of sp³-hybridized carbons (Fsp3) is 0.522. The van der Waals surface area contributed by atoms with E-state index in [1.807, 2.05) is 30.3 Å². The Hall–Kier alpha value is -3.27. The number of hydrogen-bond donors (Lipinski definition) is 4. The molecule has 10 heteroatoms. The second kappa shape index (κ2) is 12.1. The summed E-state index contributed by atoms with van der Waals surface area (Å²) < 4.78 is 0. The predicted octanol–water partition coefficient (Wildman–Crippen LogP) is -0.520. The number of amides is 5. The first-order chi connectivity index (χ1) is 15.6. The highest BCUT2D eigenvalue weighted by molar-refractivity contribution is 6.02. The molecule has 1 aliphatic heterocycles. The van der Waals surface area contributed by atoms with Crippen molar-refractivity contribution in [1.29, 1.82) is 0 Å². The van der Waals surface area contributed by atoms with Gasteiger partial charge in [-0.25, -0.2) is 0 Å². The van der Waals surface area contributed by atoms with Crippen molar-refractivity contribution in [2.75, 3.05) is 13.6 Å². The molecule has 5 amide bonds. The monoisotopic (exact) mass is 459 g/mol.